The zero-order chi connectivity index (χ0) is 19.6. The minimum atomic E-state index is -0.226. The van der Waals surface area contributed by atoms with E-state index in [9.17, 15) is 4.79 Å². The summed E-state index contributed by atoms with van der Waals surface area (Å²) in [5.74, 6) is -0.121. The predicted molar refractivity (Wildman–Crippen MR) is 105 cm³/mol. The van der Waals surface area contributed by atoms with E-state index in [0.29, 0.717) is 26.2 Å². The molecular formula is C21H42O5. The van der Waals surface area contributed by atoms with Crippen LogP contribution in [-0.4, -0.2) is 51.2 Å². The van der Waals surface area contributed by atoms with Crippen molar-refractivity contribution >= 4 is 5.97 Å². The van der Waals surface area contributed by atoms with Crippen molar-refractivity contribution in [2.75, 3.05) is 26.9 Å². The monoisotopic (exact) mass is 374 g/mol. The summed E-state index contributed by atoms with van der Waals surface area (Å²) in [6.45, 7) is 9.48. The van der Waals surface area contributed by atoms with Crippen molar-refractivity contribution in [2.24, 2.45) is 0 Å². The molecule has 0 fully saturated rings. The van der Waals surface area contributed by atoms with Crippen LogP contribution in [0.2, 0.25) is 0 Å². The van der Waals surface area contributed by atoms with Gasteiger partial charge in [-0.25, -0.2) is 0 Å². The lowest BCUT2D eigenvalue weighted by Crippen LogP contribution is -2.27. The Morgan fingerprint density at radius 1 is 0.731 bits per heavy atom. The standard InChI is InChI=1S/C21H42O5/c1-6-7-8-9-10-11-12-13-14-21(22)26-20(4)17-25-19(3)16-24-18(2)15-23-5/h18-20H,6-17H2,1-5H3. The highest BCUT2D eigenvalue weighted by Crippen LogP contribution is 2.10. The summed E-state index contributed by atoms with van der Waals surface area (Å²) < 4.78 is 21.7. The van der Waals surface area contributed by atoms with Gasteiger partial charge in [0, 0.05) is 13.5 Å². The van der Waals surface area contributed by atoms with Gasteiger partial charge in [0.15, 0.2) is 0 Å². The third-order valence-corrected chi connectivity index (χ3v) is 4.20. The fourth-order valence-electron chi connectivity index (χ4n) is 2.65. The maximum Gasteiger partial charge on any atom is 0.306 e. The molecule has 0 N–H and O–H groups in total. The molecule has 0 saturated carbocycles. The number of carbonyl (C=O) groups excluding carboxylic acids is 1. The molecule has 156 valence electrons. The van der Waals surface area contributed by atoms with Gasteiger partial charge in [-0.1, -0.05) is 51.9 Å². The van der Waals surface area contributed by atoms with Crippen LogP contribution < -0.4 is 0 Å². The maximum absolute atomic E-state index is 11.8. The molecule has 0 aliphatic rings. The summed E-state index contributed by atoms with van der Waals surface area (Å²) in [6.07, 6.45) is 10.1. The fourth-order valence-corrected chi connectivity index (χ4v) is 2.65. The Hall–Kier alpha value is -0.650. The van der Waals surface area contributed by atoms with Gasteiger partial charge in [0.05, 0.1) is 32.0 Å². The van der Waals surface area contributed by atoms with E-state index < -0.39 is 0 Å². The van der Waals surface area contributed by atoms with E-state index in [1.165, 1.54) is 38.5 Å². The Labute approximate surface area is 161 Å². The van der Waals surface area contributed by atoms with Crippen molar-refractivity contribution in [1.29, 1.82) is 0 Å². The molecular weight excluding hydrogens is 332 g/mol. The summed E-state index contributed by atoms with van der Waals surface area (Å²) in [5.41, 5.74) is 0. The molecule has 5 heteroatoms. The van der Waals surface area contributed by atoms with Crippen molar-refractivity contribution in [3.63, 3.8) is 0 Å². The Kier molecular flexibility index (Phi) is 17.3. The lowest BCUT2D eigenvalue weighted by Gasteiger charge is -2.19. The van der Waals surface area contributed by atoms with E-state index in [-0.39, 0.29) is 24.3 Å². The molecule has 0 spiro atoms. The van der Waals surface area contributed by atoms with Crippen LogP contribution in [0, 0.1) is 0 Å². The summed E-state index contributed by atoms with van der Waals surface area (Å²) in [5, 5.41) is 0. The van der Waals surface area contributed by atoms with Gasteiger partial charge in [-0.2, -0.15) is 0 Å². The van der Waals surface area contributed by atoms with Gasteiger partial charge < -0.3 is 18.9 Å². The molecule has 0 bridgehead atoms. The second-order valence-electron chi connectivity index (χ2n) is 7.27. The average molecular weight is 375 g/mol. The number of rotatable bonds is 18. The molecule has 0 heterocycles. The quantitative estimate of drug-likeness (QED) is 0.252. The molecule has 0 amide bonds. The first-order chi connectivity index (χ1) is 12.5. The highest BCUT2D eigenvalue weighted by Gasteiger charge is 2.12. The van der Waals surface area contributed by atoms with Gasteiger partial charge in [-0.15, -0.1) is 0 Å². The summed E-state index contributed by atoms with van der Waals surface area (Å²) in [7, 11) is 1.66. The highest BCUT2D eigenvalue weighted by atomic mass is 16.6. The van der Waals surface area contributed by atoms with E-state index in [2.05, 4.69) is 6.92 Å². The lowest BCUT2D eigenvalue weighted by atomic mass is 10.1. The molecule has 0 saturated heterocycles. The van der Waals surface area contributed by atoms with Gasteiger partial charge in [0.2, 0.25) is 0 Å². The number of esters is 1. The van der Waals surface area contributed by atoms with E-state index in [0.717, 1.165) is 12.8 Å². The van der Waals surface area contributed by atoms with E-state index in [1.807, 2.05) is 20.8 Å². The lowest BCUT2D eigenvalue weighted by molar-refractivity contribution is -0.153. The van der Waals surface area contributed by atoms with E-state index >= 15 is 0 Å². The van der Waals surface area contributed by atoms with Crippen LogP contribution in [0.25, 0.3) is 0 Å². The van der Waals surface area contributed by atoms with Gasteiger partial charge >= 0.3 is 5.97 Å². The largest absolute Gasteiger partial charge is 0.460 e. The van der Waals surface area contributed by atoms with Crippen LogP contribution in [-0.2, 0) is 23.7 Å². The molecule has 0 aliphatic heterocycles. The van der Waals surface area contributed by atoms with Gasteiger partial charge in [0.1, 0.15) is 6.10 Å². The van der Waals surface area contributed by atoms with Crippen LogP contribution in [0.1, 0.15) is 85.5 Å². The molecule has 0 rings (SSSR count). The first kappa shape index (κ1) is 25.4. The normalized spacial score (nSPS) is 14.8. The molecule has 3 atom stereocenters. The first-order valence-electron chi connectivity index (χ1n) is 10.4. The van der Waals surface area contributed by atoms with Gasteiger partial charge in [0.25, 0.3) is 0 Å². The summed E-state index contributed by atoms with van der Waals surface area (Å²) in [6, 6.07) is 0. The zero-order valence-electron chi connectivity index (χ0n) is 17.8. The highest BCUT2D eigenvalue weighted by molar-refractivity contribution is 5.69. The van der Waals surface area contributed by atoms with Crippen LogP contribution in [0.5, 0.6) is 0 Å². The molecule has 0 aliphatic carbocycles. The SMILES string of the molecule is CCCCCCCCCCC(=O)OC(C)COC(C)COC(C)COC. The maximum atomic E-state index is 11.8. The number of ether oxygens (including phenoxy) is 4. The topological polar surface area (TPSA) is 54.0 Å². The number of hydrogen-bond acceptors (Lipinski definition) is 5. The van der Waals surface area contributed by atoms with Crippen molar-refractivity contribution < 1.29 is 23.7 Å². The average Bonchev–Trinajstić information content (AvgIpc) is 2.60. The third-order valence-electron chi connectivity index (χ3n) is 4.20. The van der Waals surface area contributed by atoms with E-state index in [4.69, 9.17) is 18.9 Å². The van der Waals surface area contributed by atoms with Crippen LogP contribution in [0.4, 0.5) is 0 Å². The first-order valence-corrected chi connectivity index (χ1v) is 10.4. The number of carbonyl (C=O) groups is 1. The van der Waals surface area contributed by atoms with E-state index in [1.54, 1.807) is 7.11 Å². The number of methoxy groups -OCH3 is 1. The minimum absolute atomic E-state index is 0.0387. The fraction of sp³-hybridized carbons (Fsp3) is 0.952. The summed E-state index contributed by atoms with van der Waals surface area (Å²) in [4.78, 5) is 11.8. The second-order valence-corrected chi connectivity index (χ2v) is 7.27. The molecule has 26 heavy (non-hydrogen) atoms. The molecule has 0 aromatic rings. The van der Waals surface area contributed by atoms with Crippen molar-refractivity contribution in [3.8, 4) is 0 Å². The molecule has 0 aromatic heterocycles. The smallest absolute Gasteiger partial charge is 0.306 e. The van der Waals surface area contributed by atoms with Gasteiger partial charge in [-0.3, -0.25) is 4.79 Å². The van der Waals surface area contributed by atoms with Crippen LogP contribution >= 0.6 is 0 Å². The minimum Gasteiger partial charge on any atom is -0.460 e. The molecule has 3 unspecified atom stereocenters. The van der Waals surface area contributed by atoms with Crippen LogP contribution in [0.3, 0.4) is 0 Å². The Morgan fingerprint density at radius 3 is 1.81 bits per heavy atom. The van der Waals surface area contributed by atoms with Crippen molar-refractivity contribution in [3.05, 3.63) is 0 Å². The zero-order valence-corrected chi connectivity index (χ0v) is 17.8. The summed E-state index contributed by atoms with van der Waals surface area (Å²) >= 11 is 0. The molecule has 0 aromatic carbocycles. The van der Waals surface area contributed by atoms with Crippen molar-refractivity contribution in [2.45, 2.75) is 104 Å². The van der Waals surface area contributed by atoms with Crippen LogP contribution in [0.15, 0.2) is 0 Å². The number of unbranched alkanes of at least 4 members (excludes halogenated alkanes) is 7. The number of hydrogen-bond donors (Lipinski definition) is 0. The third kappa shape index (κ3) is 16.8. The molecule has 0 radical (unpaired) electrons. The van der Waals surface area contributed by atoms with Gasteiger partial charge in [-0.05, 0) is 27.2 Å². The second kappa shape index (κ2) is 17.7. The Bertz CT molecular complexity index is 322. The Morgan fingerprint density at radius 2 is 1.23 bits per heavy atom. The Balaban J connectivity index is 3.57. The molecule has 5 nitrogen and oxygen atoms in total. The predicted octanol–water partition coefficient (Wildman–Crippen LogP) is 4.91. The van der Waals surface area contributed by atoms with Crippen molar-refractivity contribution in [1.82, 2.24) is 0 Å².